The first-order valence-corrected chi connectivity index (χ1v) is 9.51. The molecule has 1 amide bonds. The summed E-state index contributed by atoms with van der Waals surface area (Å²) in [7, 11) is 0. The molecule has 1 aromatic heterocycles. The van der Waals surface area contributed by atoms with Gasteiger partial charge >= 0.3 is 0 Å². The van der Waals surface area contributed by atoms with Crippen molar-refractivity contribution in [3.05, 3.63) is 35.1 Å². The van der Waals surface area contributed by atoms with E-state index in [1.807, 2.05) is 34.6 Å². The number of nitrogens with zero attached hydrogens (tertiary/aromatic N) is 4. The fourth-order valence-corrected chi connectivity index (χ4v) is 3.90. The lowest BCUT2D eigenvalue weighted by atomic mass is 10.0. The zero-order valence-electron chi connectivity index (χ0n) is 13.9. The lowest BCUT2D eigenvalue weighted by molar-refractivity contribution is -0.131. The minimum absolute atomic E-state index is 0.170. The Balaban J connectivity index is 1.69. The number of aromatic nitrogens is 3. The average molecular weight is 365 g/mol. The second-order valence-electron chi connectivity index (χ2n) is 6.14. The molecule has 0 N–H and O–H groups in total. The minimum Gasteiger partial charge on any atom is -0.339 e. The highest BCUT2D eigenvalue weighted by atomic mass is 35.5. The largest absolute Gasteiger partial charge is 0.339 e. The topological polar surface area (TPSA) is 51.0 Å². The number of likely N-dealkylation sites (tertiary alicyclic amines) is 1. The van der Waals surface area contributed by atoms with Crippen molar-refractivity contribution in [2.24, 2.45) is 0 Å². The van der Waals surface area contributed by atoms with Crippen molar-refractivity contribution < 1.29 is 4.79 Å². The second-order valence-corrected chi connectivity index (χ2v) is 7.49. The molecule has 0 saturated carbocycles. The Morgan fingerprint density at radius 3 is 3.00 bits per heavy atom. The number of hydrogen-bond donors (Lipinski definition) is 0. The van der Waals surface area contributed by atoms with E-state index in [0.717, 1.165) is 30.6 Å². The highest BCUT2D eigenvalue weighted by Gasteiger charge is 2.23. The number of benzene rings is 1. The number of hydrogen-bond acceptors (Lipinski definition) is 4. The van der Waals surface area contributed by atoms with Gasteiger partial charge in [0.2, 0.25) is 5.91 Å². The summed E-state index contributed by atoms with van der Waals surface area (Å²) in [6, 6.07) is 6.16. The van der Waals surface area contributed by atoms with Crippen LogP contribution in [0.2, 0.25) is 5.02 Å². The number of carbonyl (C=O) groups excluding carboxylic acids is 1. The van der Waals surface area contributed by atoms with Crippen molar-refractivity contribution in [2.75, 3.05) is 12.3 Å². The van der Waals surface area contributed by atoms with Crippen LogP contribution in [0.25, 0.3) is 5.69 Å². The van der Waals surface area contributed by atoms with Crippen molar-refractivity contribution in [3.8, 4) is 5.69 Å². The maximum absolute atomic E-state index is 12.5. The first-order chi connectivity index (χ1) is 11.6. The Kier molecular flexibility index (Phi) is 5.46. The number of aryl methyl sites for hydroxylation is 1. The van der Waals surface area contributed by atoms with Gasteiger partial charge in [-0.25, -0.2) is 0 Å². The molecule has 5 nitrogen and oxygen atoms in total. The van der Waals surface area contributed by atoms with Gasteiger partial charge in [-0.1, -0.05) is 29.4 Å². The smallest absolute Gasteiger partial charge is 0.233 e. The third-order valence-corrected chi connectivity index (χ3v) is 5.73. The number of thioether (sulfide) groups is 1. The van der Waals surface area contributed by atoms with Crippen LogP contribution < -0.4 is 0 Å². The van der Waals surface area contributed by atoms with Gasteiger partial charge in [-0.15, -0.1) is 10.2 Å². The van der Waals surface area contributed by atoms with E-state index < -0.39 is 0 Å². The molecule has 128 valence electrons. The molecule has 1 aliphatic rings. The SMILES string of the molecule is Cc1ccc(-n2cnnc2SCC(=O)N2CCCC[C@H]2C)cc1Cl. The van der Waals surface area contributed by atoms with E-state index in [4.69, 9.17) is 11.6 Å². The van der Waals surface area contributed by atoms with Gasteiger partial charge in [0.1, 0.15) is 6.33 Å². The fraction of sp³-hybridized carbons (Fsp3) is 0.471. The summed E-state index contributed by atoms with van der Waals surface area (Å²) in [6.07, 6.45) is 5.05. The van der Waals surface area contributed by atoms with Crippen LogP contribution >= 0.6 is 23.4 Å². The molecule has 0 aliphatic carbocycles. The summed E-state index contributed by atoms with van der Waals surface area (Å²) >= 11 is 7.62. The molecule has 24 heavy (non-hydrogen) atoms. The molecule has 0 radical (unpaired) electrons. The standard InChI is InChI=1S/C17H21ClN4OS/c1-12-6-7-14(9-15(12)18)22-11-19-20-17(22)24-10-16(23)21-8-4-3-5-13(21)2/h6-7,9,11,13H,3-5,8,10H2,1-2H3/t13-/m1/s1. The van der Waals surface area contributed by atoms with E-state index in [1.165, 1.54) is 18.2 Å². The quantitative estimate of drug-likeness (QED) is 0.776. The molecular weight excluding hydrogens is 344 g/mol. The minimum atomic E-state index is 0.170. The van der Waals surface area contributed by atoms with Gasteiger partial charge in [-0.2, -0.15) is 0 Å². The molecule has 2 aromatic rings. The number of amides is 1. The van der Waals surface area contributed by atoms with Crippen LogP contribution in [0.3, 0.4) is 0 Å². The maximum atomic E-state index is 12.5. The van der Waals surface area contributed by atoms with Crippen molar-refractivity contribution >= 4 is 29.3 Å². The second kappa shape index (κ2) is 7.57. The van der Waals surface area contributed by atoms with Gasteiger partial charge in [-0.3, -0.25) is 9.36 Å². The van der Waals surface area contributed by atoms with Gasteiger partial charge in [-0.05, 0) is 50.8 Å². The monoisotopic (exact) mass is 364 g/mol. The number of rotatable bonds is 4. The zero-order valence-corrected chi connectivity index (χ0v) is 15.5. The highest BCUT2D eigenvalue weighted by Crippen LogP contribution is 2.25. The van der Waals surface area contributed by atoms with Crippen LogP contribution in [0.5, 0.6) is 0 Å². The van der Waals surface area contributed by atoms with Crippen LogP contribution in [-0.4, -0.2) is 43.9 Å². The van der Waals surface area contributed by atoms with E-state index >= 15 is 0 Å². The summed E-state index contributed by atoms with van der Waals surface area (Å²) in [5.74, 6) is 0.548. The Hall–Kier alpha value is -1.53. The molecule has 2 heterocycles. The maximum Gasteiger partial charge on any atom is 0.233 e. The number of piperidine rings is 1. The van der Waals surface area contributed by atoms with Crippen LogP contribution in [0.1, 0.15) is 31.7 Å². The van der Waals surface area contributed by atoms with Crippen LogP contribution in [0, 0.1) is 6.92 Å². The summed E-state index contributed by atoms with van der Waals surface area (Å²) in [6.45, 7) is 4.95. The average Bonchev–Trinajstić information content (AvgIpc) is 3.04. The molecule has 1 saturated heterocycles. The molecule has 7 heteroatoms. The van der Waals surface area contributed by atoms with E-state index in [0.29, 0.717) is 22.0 Å². The van der Waals surface area contributed by atoms with Crippen LogP contribution in [0.4, 0.5) is 0 Å². The molecule has 3 rings (SSSR count). The predicted octanol–water partition coefficient (Wildman–Crippen LogP) is 3.72. The Morgan fingerprint density at radius 1 is 1.42 bits per heavy atom. The molecule has 1 aromatic carbocycles. The van der Waals surface area contributed by atoms with Gasteiger partial charge in [0.15, 0.2) is 5.16 Å². The van der Waals surface area contributed by atoms with Crippen molar-refractivity contribution in [1.29, 1.82) is 0 Å². The van der Waals surface area contributed by atoms with Crippen LogP contribution in [0.15, 0.2) is 29.7 Å². The molecule has 1 aliphatic heterocycles. The van der Waals surface area contributed by atoms with Crippen LogP contribution in [-0.2, 0) is 4.79 Å². The molecule has 0 unspecified atom stereocenters. The molecule has 0 spiro atoms. The van der Waals surface area contributed by atoms with Crippen molar-refractivity contribution in [2.45, 2.75) is 44.3 Å². The highest BCUT2D eigenvalue weighted by molar-refractivity contribution is 7.99. The van der Waals surface area contributed by atoms with Gasteiger partial charge in [0.25, 0.3) is 0 Å². The third kappa shape index (κ3) is 3.75. The van der Waals surface area contributed by atoms with Crippen molar-refractivity contribution in [3.63, 3.8) is 0 Å². The first-order valence-electron chi connectivity index (χ1n) is 8.15. The number of carbonyl (C=O) groups is 1. The van der Waals surface area contributed by atoms with E-state index in [2.05, 4.69) is 17.1 Å². The van der Waals surface area contributed by atoms with Gasteiger partial charge in [0.05, 0.1) is 11.4 Å². The Labute approximate surface area is 151 Å². The van der Waals surface area contributed by atoms with E-state index in [1.54, 1.807) is 6.33 Å². The molecular formula is C17H21ClN4OS. The van der Waals surface area contributed by atoms with E-state index in [-0.39, 0.29) is 5.91 Å². The third-order valence-electron chi connectivity index (χ3n) is 4.40. The Bertz CT molecular complexity index is 733. The number of halogens is 1. The van der Waals surface area contributed by atoms with Crippen molar-refractivity contribution in [1.82, 2.24) is 19.7 Å². The summed E-state index contributed by atoms with van der Waals surface area (Å²) in [5, 5.41) is 9.53. The fourth-order valence-electron chi connectivity index (χ4n) is 2.91. The lowest BCUT2D eigenvalue weighted by Crippen LogP contribution is -2.42. The summed E-state index contributed by atoms with van der Waals surface area (Å²) in [4.78, 5) is 14.5. The normalized spacial score (nSPS) is 18.0. The van der Waals surface area contributed by atoms with E-state index in [9.17, 15) is 4.79 Å². The van der Waals surface area contributed by atoms with Gasteiger partial charge in [0, 0.05) is 17.6 Å². The zero-order chi connectivity index (χ0) is 17.1. The Morgan fingerprint density at radius 2 is 2.25 bits per heavy atom. The predicted molar refractivity (Wildman–Crippen MR) is 96.9 cm³/mol. The summed E-state index contributed by atoms with van der Waals surface area (Å²) in [5.41, 5.74) is 1.92. The summed E-state index contributed by atoms with van der Waals surface area (Å²) < 4.78 is 1.86. The first kappa shape index (κ1) is 17.3. The lowest BCUT2D eigenvalue weighted by Gasteiger charge is -2.33. The molecule has 1 atom stereocenters. The molecule has 0 bridgehead atoms. The van der Waals surface area contributed by atoms with Gasteiger partial charge < -0.3 is 4.90 Å². The molecule has 1 fully saturated rings.